The van der Waals surface area contributed by atoms with Crippen molar-refractivity contribution in [1.29, 1.82) is 0 Å². The van der Waals surface area contributed by atoms with Crippen LogP contribution in [0.25, 0.3) is 0 Å². The third-order valence-corrected chi connectivity index (χ3v) is 4.38. The van der Waals surface area contributed by atoms with Crippen molar-refractivity contribution in [3.8, 4) is 11.5 Å². The van der Waals surface area contributed by atoms with Gasteiger partial charge in [-0.1, -0.05) is 6.07 Å². The zero-order chi connectivity index (χ0) is 13.8. The maximum Gasteiger partial charge on any atom is 0.261 e. The Kier molecular flexibility index (Phi) is 4.42. The minimum absolute atomic E-state index is 0.133. The van der Waals surface area contributed by atoms with E-state index in [4.69, 9.17) is 9.47 Å². The molecule has 0 aliphatic carbocycles. The summed E-state index contributed by atoms with van der Waals surface area (Å²) in [5, 5.41) is 0. The second kappa shape index (κ2) is 6.06. The van der Waals surface area contributed by atoms with Crippen LogP contribution in [-0.4, -0.2) is 53.8 Å². The molecule has 104 valence electrons. The smallest absolute Gasteiger partial charge is 0.261 e. The molecule has 1 aromatic rings. The van der Waals surface area contributed by atoms with E-state index in [1.165, 1.54) is 14.2 Å². The average molecular weight is 283 g/mol. The van der Waals surface area contributed by atoms with Crippen molar-refractivity contribution < 1.29 is 18.5 Å². The summed E-state index contributed by atoms with van der Waals surface area (Å²) in [4.78, 5) is 14.2. The zero-order valence-corrected chi connectivity index (χ0v) is 11.9. The summed E-state index contributed by atoms with van der Waals surface area (Å²) in [5.74, 6) is 1.92. The molecule has 19 heavy (non-hydrogen) atoms. The topological polar surface area (TPSA) is 55.8 Å². The summed E-state index contributed by atoms with van der Waals surface area (Å²) >= 11 is 0. The molecular weight excluding hydrogens is 266 g/mol. The molecule has 0 atom stereocenters. The number of hydrogen-bond donors (Lipinski definition) is 0. The molecule has 1 heterocycles. The first-order chi connectivity index (χ1) is 9.17. The molecule has 1 fully saturated rings. The minimum atomic E-state index is -0.805. The second-order valence-electron chi connectivity index (χ2n) is 4.18. The summed E-state index contributed by atoms with van der Waals surface area (Å²) in [6.07, 6.45) is 0. The number of carbonyl (C=O) groups excluding carboxylic acids is 1. The molecule has 5 nitrogen and oxygen atoms in total. The van der Waals surface area contributed by atoms with Crippen LogP contribution in [0.3, 0.4) is 0 Å². The molecule has 0 spiro atoms. The van der Waals surface area contributed by atoms with Crippen molar-refractivity contribution in [3.05, 3.63) is 23.8 Å². The van der Waals surface area contributed by atoms with Gasteiger partial charge in [0.15, 0.2) is 0 Å². The lowest BCUT2D eigenvalue weighted by Crippen LogP contribution is -2.42. The Labute approximate surface area is 115 Å². The van der Waals surface area contributed by atoms with Gasteiger partial charge in [0.2, 0.25) is 0 Å². The molecule has 0 unspecified atom stereocenters. The van der Waals surface area contributed by atoms with Crippen LogP contribution >= 0.6 is 0 Å². The summed E-state index contributed by atoms with van der Waals surface area (Å²) in [6, 6.07) is 5.25. The van der Waals surface area contributed by atoms with Gasteiger partial charge in [0.1, 0.15) is 17.1 Å². The van der Waals surface area contributed by atoms with Gasteiger partial charge in [-0.25, -0.2) is 0 Å². The predicted octanol–water partition coefficient (Wildman–Crippen LogP) is 0.908. The van der Waals surface area contributed by atoms with Gasteiger partial charge in [0.25, 0.3) is 5.91 Å². The number of amides is 1. The second-order valence-corrected chi connectivity index (χ2v) is 5.87. The van der Waals surface area contributed by atoms with Gasteiger partial charge >= 0.3 is 0 Å². The first-order valence-electron chi connectivity index (χ1n) is 6.02. The van der Waals surface area contributed by atoms with Crippen molar-refractivity contribution >= 4 is 16.7 Å². The molecule has 1 aromatic carbocycles. The molecule has 1 aliphatic rings. The Morgan fingerprint density at radius 3 is 2.16 bits per heavy atom. The van der Waals surface area contributed by atoms with Gasteiger partial charge in [-0.05, 0) is 12.1 Å². The summed E-state index contributed by atoms with van der Waals surface area (Å²) < 4.78 is 21.8. The van der Waals surface area contributed by atoms with E-state index in [2.05, 4.69) is 0 Å². The lowest BCUT2D eigenvalue weighted by molar-refractivity contribution is 0.0764. The van der Waals surface area contributed by atoms with E-state index < -0.39 is 10.8 Å². The monoisotopic (exact) mass is 283 g/mol. The molecule has 1 amide bonds. The zero-order valence-electron chi connectivity index (χ0n) is 11.0. The summed E-state index contributed by atoms with van der Waals surface area (Å²) in [5.41, 5.74) is 0.431. The number of nitrogens with zero attached hydrogens (tertiary/aromatic N) is 1. The van der Waals surface area contributed by atoms with E-state index in [-0.39, 0.29) is 5.91 Å². The van der Waals surface area contributed by atoms with Crippen LogP contribution in [0.1, 0.15) is 10.4 Å². The first-order valence-corrected chi connectivity index (χ1v) is 7.51. The van der Waals surface area contributed by atoms with E-state index >= 15 is 0 Å². The van der Waals surface area contributed by atoms with Crippen LogP contribution in [0.2, 0.25) is 0 Å². The highest BCUT2D eigenvalue weighted by molar-refractivity contribution is 7.85. The van der Waals surface area contributed by atoms with E-state index in [9.17, 15) is 9.00 Å². The molecule has 0 saturated carbocycles. The number of rotatable bonds is 3. The highest BCUT2D eigenvalue weighted by Crippen LogP contribution is 2.29. The first kappa shape index (κ1) is 13.9. The van der Waals surface area contributed by atoms with Gasteiger partial charge in [0.05, 0.1) is 14.2 Å². The van der Waals surface area contributed by atoms with E-state index in [0.717, 1.165) is 0 Å². The van der Waals surface area contributed by atoms with Gasteiger partial charge in [-0.15, -0.1) is 0 Å². The molecular formula is C13H17NO4S. The highest BCUT2D eigenvalue weighted by Gasteiger charge is 2.26. The lowest BCUT2D eigenvalue weighted by Gasteiger charge is -2.27. The Morgan fingerprint density at radius 1 is 1.16 bits per heavy atom. The maximum atomic E-state index is 12.5. The van der Waals surface area contributed by atoms with Crippen molar-refractivity contribution in [2.24, 2.45) is 0 Å². The molecule has 0 aromatic heterocycles. The van der Waals surface area contributed by atoms with Crippen molar-refractivity contribution in [2.45, 2.75) is 0 Å². The van der Waals surface area contributed by atoms with Crippen LogP contribution in [0.5, 0.6) is 11.5 Å². The molecule has 1 aliphatic heterocycles. The normalized spacial score (nSPS) is 16.2. The Hall–Kier alpha value is -1.56. The van der Waals surface area contributed by atoms with Crippen LogP contribution in [0.4, 0.5) is 0 Å². The fourth-order valence-corrected chi connectivity index (χ4v) is 3.11. The number of methoxy groups -OCH3 is 2. The van der Waals surface area contributed by atoms with E-state index in [1.807, 2.05) is 0 Å². The molecule has 0 radical (unpaired) electrons. The van der Waals surface area contributed by atoms with Crippen LogP contribution in [-0.2, 0) is 10.8 Å². The predicted molar refractivity (Wildman–Crippen MR) is 73.3 cm³/mol. The van der Waals surface area contributed by atoms with E-state index in [0.29, 0.717) is 41.7 Å². The number of hydrogen-bond acceptors (Lipinski definition) is 4. The fourth-order valence-electron chi connectivity index (χ4n) is 2.06. The number of ether oxygens (including phenoxy) is 2. The van der Waals surface area contributed by atoms with Gasteiger partial charge in [-0.2, -0.15) is 0 Å². The molecule has 0 N–H and O–H groups in total. The van der Waals surface area contributed by atoms with Crippen molar-refractivity contribution in [2.75, 3.05) is 38.8 Å². The van der Waals surface area contributed by atoms with Gasteiger partial charge in [-0.3, -0.25) is 9.00 Å². The van der Waals surface area contributed by atoms with Crippen LogP contribution in [0.15, 0.2) is 18.2 Å². The summed E-state index contributed by atoms with van der Waals surface area (Å²) in [6.45, 7) is 1.01. The average Bonchev–Trinajstić information content (AvgIpc) is 2.46. The largest absolute Gasteiger partial charge is 0.496 e. The fraction of sp³-hybridized carbons (Fsp3) is 0.462. The Balaban J connectivity index is 2.29. The lowest BCUT2D eigenvalue weighted by atomic mass is 10.1. The van der Waals surface area contributed by atoms with Gasteiger partial charge in [0, 0.05) is 35.4 Å². The molecule has 0 bridgehead atoms. The third-order valence-electron chi connectivity index (χ3n) is 3.11. The number of carbonyl (C=O) groups is 1. The van der Waals surface area contributed by atoms with Crippen LogP contribution in [0, 0.1) is 0 Å². The quantitative estimate of drug-likeness (QED) is 0.827. The molecule has 2 rings (SSSR count). The summed E-state index contributed by atoms with van der Waals surface area (Å²) in [7, 11) is 2.24. The van der Waals surface area contributed by atoms with Crippen LogP contribution < -0.4 is 9.47 Å². The van der Waals surface area contributed by atoms with Crippen molar-refractivity contribution in [1.82, 2.24) is 4.90 Å². The highest BCUT2D eigenvalue weighted by atomic mass is 32.2. The minimum Gasteiger partial charge on any atom is -0.496 e. The van der Waals surface area contributed by atoms with Gasteiger partial charge < -0.3 is 14.4 Å². The number of benzene rings is 1. The standard InChI is InChI=1S/C13H17NO4S/c1-17-10-4-3-5-11(18-2)12(10)13(15)14-6-8-19(16)9-7-14/h3-5H,6-9H2,1-2H3. The SMILES string of the molecule is COc1cccc(OC)c1C(=O)N1CCS(=O)CC1. The molecule has 1 saturated heterocycles. The third kappa shape index (κ3) is 2.89. The molecule has 6 heteroatoms. The Morgan fingerprint density at radius 2 is 1.68 bits per heavy atom. The Bertz CT molecular complexity index is 471. The maximum absolute atomic E-state index is 12.5. The van der Waals surface area contributed by atoms with E-state index in [1.54, 1.807) is 23.1 Å². The van der Waals surface area contributed by atoms with Crippen molar-refractivity contribution in [3.63, 3.8) is 0 Å².